The molecule has 2 aromatic rings. The zero-order chi connectivity index (χ0) is 11.0. The van der Waals surface area contributed by atoms with Crippen LogP contribution in [0.25, 0.3) is 11.5 Å². The lowest BCUT2D eigenvalue weighted by atomic mass is 10.3. The van der Waals surface area contributed by atoms with Crippen LogP contribution < -0.4 is 0 Å². The van der Waals surface area contributed by atoms with Gasteiger partial charge in [-0.15, -0.1) is 10.2 Å². The minimum Gasteiger partial charge on any atom is -0.372 e. The number of ether oxygens (including phenoxy) is 1. The number of pyridine rings is 1. The van der Waals surface area contributed by atoms with Crippen molar-refractivity contribution in [1.82, 2.24) is 19.7 Å². The van der Waals surface area contributed by atoms with Crippen LogP contribution in [0, 0.1) is 0 Å². The van der Waals surface area contributed by atoms with E-state index in [-0.39, 0.29) is 0 Å². The number of hydrogen-bond acceptors (Lipinski definition) is 4. The van der Waals surface area contributed by atoms with Gasteiger partial charge in [0.2, 0.25) is 0 Å². The summed E-state index contributed by atoms with van der Waals surface area (Å²) in [5.41, 5.74) is 0.837. The molecule has 0 fully saturated rings. The first-order valence-electron chi connectivity index (χ1n) is 4.96. The summed E-state index contributed by atoms with van der Waals surface area (Å²) in [5, 5.41) is 8.24. The normalized spacial score (nSPS) is 14.8. The van der Waals surface area contributed by atoms with Crippen LogP contribution in [0.3, 0.4) is 0 Å². The first kappa shape index (κ1) is 9.92. The highest BCUT2D eigenvalue weighted by atomic mass is 79.9. The molecule has 0 spiro atoms. The Bertz CT molecular complexity index is 508. The van der Waals surface area contributed by atoms with Crippen molar-refractivity contribution in [1.29, 1.82) is 0 Å². The van der Waals surface area contributed by atoms with Gasteiger partial charge in [0, 0.05) is 17.2 Å². The molecule has 0 atom stereocenters. The minimum atomic E-state index is 0.531. The minimum absolute atomic E-state index is 0.531. The molecule has 16 heavy (non-hydrogen) atoms. The SMILES string of the molecule is Brc1ccc(-c2nnc3n2CCOC3)nc1. The molecule has 5 nitrogen and oxygen atoms in total. The van der Waals surface area contributed by atoms with Gasteiger partial charge in [0.15, 0.2) is 11.6 Å². The fourth-order valence-corrected chi connectivity index (χ4v) is 1.93. The maximum Gasteiger partial charge on any atom is 0.182 e. The summed E-state index contributed by atoms with van der Waals surface area (Å²) in [4.78, 5) is 4.32. The Morgan fingerprint density at radius 3 is 3.06 bits per heavy atom. The zero-order valence-electron chi connectivity index (χ0n) is 8.43. The fourth-order valence-electron chi connectivity index (χ4n) is 1.69. The summed E-state index contributed by atoms with van der Waals surface area (Å²) in [6.07, 6.45) is 1.76. The maximum atomic E-state index is 5.31. The number of fused-ring (bicyclic) bond motifs is 1. The molecular weight excluding hydrogens is 272 g/mol. The van der Waals surface area contributed by atoms with E-state index in [1.807, 2.05) is 12.1 Å². The molecule has 82 valence electrons. The Labute approximate surface area is 101 Å². The largest absolute Gasteiger partial charge is 0.372 e. The Balaban J connectivity index is 2.06. The van der Waals surface area contributed by atoms with E-state index < -0.39 is 0 Å². The molecule has 0 saturated heterocycles. The lowest BCUT2D eigenvalue weighted by Gasteiger charge is -2.14. The smallest absolute Gasteiger partial charge is 0.182 e. The number of halogens is 1. The highest BCUT2D eigenvalue weighted by Gasteiger charge is 2.17. The second-order valence-corrected chi connectivity index (χ2v) is 4.42. The van der Waals surface area contributed by atoms with Gasteiger partial charge in [0.1, 0.15) is 12.3 Å². The Hall–Kier alpha value is -1.27. The van der Waals surface area contributed by atoms with Crippen LogP contribution in [0.5, 0.6) is 0 Å². The monoisotopic (exact) mass is 280 g/mol. The zero-order valence-corrected chi connectivity index (χ0v) is 10.0. The van der Waals surface area contributed by atoms with Crippen molar-refractivity contribution in [3.63, 3.8) is 0 Å². The highest BCUT2D eigenvalue weighted by molar-refractivity contribution is 9.10. The molecule has 0 unspecified atom stereocenters. The Kier molecular flexibility index (Phi) is 2.45. The van der Waals surface area contributed by atoms with Gasteiger partial charge in [0.05, 0.1) is 6.61 Å². The van der Waals surface area contributed by atoms with Crippen LogP contribution in [0.2, 0.25) is 0 Å². The van der Waals surface area contributed by atoms with Gasteiger partial charge in [0.25, 0.3) is 0 Å². The van der Waals surface area contributed by atoms with Gasteiger partial charge < -0.3 is 9.30 Å². The first-order valence-corrected chi connectivity index (χ1v) is 5.75. The van der Waals surface area contributed by atoms with Gasteiger partial charge >= 0.3 is 0 Å². The number of rotatable bonds is 1. The van der Waals surface area contributed by atoms with Crippen molar-refractivity contribution in [2.24, 2.45) is 0 Å². The van der Waals surface area contributed by atoms with E-state index in [1.54, 1.807) is 6.20 Å². The quantitative estimate of drug-likeness (QED) is 0.797. The maximum absolute atomic E-state index is 5.31. The molecule has 0 N–H and O–H groups in total. The summed E-state index contributed by atoms with van der Waals surface area (Å²) in [6.45, 7) is 2.02. The summed E-state index contributed by atoms with van der Waals surface area (Å²) in [6, 6.07) is 3.88. The van der Waals surface area contributed by atoms with Crippen molar-refractivity contribution in [2.75, 3.05) is 6.61 Å². The van der Waals surface area contributed by atoms with Gasteiger partial charge in [-0.1, -0.05) is 0 Å². The fraction of sp³-hybridized carbons (Fsp3) is 0.300. The molecule has 1 aliphatic heterocycles. The molecule has 0 amide bonds. The van der Waals surface area contributed by atoms with E-state index in [4.69, 9.17) is 4.74 Å². The summed E-state index contributed by atoms with van der Waals surface area (Å²) < 4.78 is 8.32. The van der Waals surface area contributed by atoms with Crippen LogP contribution in [0.4, 0.5) is 0 Å². The molecule has 6 heteroatoms. The van der Waals surface area contributed by atoms with Crippen molar-refractivity contribution in [3.8, 4) is 11.5 Å². The van der Waals surface area contributed by atoms with Gasteiger partial charge in [-0.25, -0.2) is 0 Å². The average molecular weight is 281 g/mol. The third-order valence-electron chi connectivity index (χ3n) is 2.47. The molecule has 0 aromatic carbocycles. The number of hydrogen-bond donors (Lipinski definition) is 0. The number of nitrogens with zero attached hydrogens (tertiary/aromatic N) is 4. The molecule has 2 aromatic heterocycles. The van der Waals surface area contributed by atoms with E-state index in [1.165, 1.54) is 0 Å². The number of aromatic nitrogens is 4. The third kappa shape index (κ3) is 1.64. The second kappa shape index (κ2) is 3.95. The van der Waals surface area contributed by atoms with Gasteiger partial charge in [-0.2, -0.15) is 0 Å². The molecule has 1 aliphatic rings. The molecular formula is C10H9BrN4O. The summed E-state index contributed by atoms with van der Waals surface area (Å²) in [7, 11) is 0. The Morgan fingerprint density at radius 1 is 1.31 bits per heavy atom. The lowest BCUT2D eigenvalue weighted by Crippen LogP contribution is -2.17. The van der Waals surface area contributed by atoms with Crippen LogP contribution in [-0.4, -0.2) is 26.4 Å². The van der Waals surface area contributed by atoms with Crippen LogP contribution in [0.15, 0.2) is 22.8 Å². The predicted molar refractivity (Wildman–Crippen MR) is 60.6 cm³/mol. The Morgan fingerprint density at radius 2 is 2.25 bits per heavy atom. The first-order chi connectivity index (χ1) is 7.84. The van der Waals surface area contributed by atoms with Crippen molar-refractivity contribution >= 4 is 15.9 Å². The third-order valence-corrected chi connectivity index (χ3v) is 2.94. The van der Waals surface area contributed by atoms with E-state index in [0.717, 1.165) is 28.4 Å². The van der Waals surface area contributed by atoms with Gasteiger partial charge in [-0.3, -0.25) is 4.98 Å². The summed E-state index contributed by atoms with van der Waals surface area (Å²) in [5.74, 6) is 1.68. The van der Waals surface area contributed by atoms with Crippen LogP contribution in [-0.2, 0) is 17.9 Å². The standard InChI is InChI=1S/C10H9BrN4O/c11-7-1-2-8(12-5-7)10-14-13-9-6-16-4-3-15(9)10/h1-2,5H,3-4,6H2. The topological polar surface area (TPSA) is 52.8 Å². The van der Waals surface area contributed by atoms with E-state index in [2.05, 4.69) is 35.7 Å². The van der Waals surface area contributed by atoms with Crippen molar-refractivity contribution < 1.29 is 4.74 Å². The van der Waals surface area contributed by atoms with Crippen LogP contribution in [0.1, 0.15) is 5.82 Å². The van der Waals surface area contributed by atoms with E-state index >= 15 is 0 Å². The molecule has 0 bridgehead atoms. The summed E-state index contributed by atoms with van der Waals surface area (Å²) >= 11 is 3.36. The molecule has 3 rings (SSSR count). The molecule has 0 saturated carbocycles. The average Bonchev–Trinajstić information content (AvgIpc) is 2.74. The second-order valence-electron chi connectivity index (χ2n) is 3.51. The highest BCUT2D eigenvalue weighted by Crippen LogP contribution is 2.20. The van der Waals surface area contributed by atoms with E-state index in [0.29, 0.717) is 13.2 Å². The lowest BCUT2D eigenvalue weighted by molar-refractivity contribution is 0.0820. The van der Waals surface area contributed by atoms with E-state index in [9.17, 15) is 0 Å². The van der Waals surface area contributed by atoms with Crippen LogP contribution >= 0.6 is 15.9 Å². The molecule has 3 heterocycles. The predicted octanol–water partition coefficient (Wildman–Crippen LogP) is 1.63. The molecule has 0 radical (unpaired) electrons. The van der Waals surface area contributed by atoms with Crippen molar-refractivity contribution in [3.05, 3.63) is 28.6 Å². The van der Waals surface area contributed by atoms with Gasteiger partial charge in [-0.05, 0) is 28.1 Å². The van der Waals surface area contributed by atoms with Crippen molar-refractivity contribution in [2.45, 2.75) is 13.2 Å². The molecule has 0 aliphatic carbocycles.